The van der Waals surface area contributed by atoms with Gasteiger partial charge >= 0.3 is 0 Å². The summed E-state index contributed by atoms with van der Waals surface area (Å²) in [5.74, 6) is 0. The molecule has 2 N–H and O–H groups in total. The molecule has 1 rings (SSSR count). The molecule has 0 amide bonds. The fourth-order valence-electron chi connectivity index (χ4n) is 2.24. The Balaban J connectivity index is 2.80. The lowest BCUT2D eigenvalue weighted by Gasteiger charge is -2.24. The summed E-state index contributed by atoms with van der Waals surface area (Å²) >= 11 is 0. The molecule has 0 saturated carbocycles. The van der Waals surface area contributed by atoms with E-state index in [0.29, 0.717) is 0 Å². The van der Waals surface area contributed by atoms with Gasteiger partial charge in [-0.2, -0.15) is 0 Å². The Bertz CT molecular complexity index is 379. The quantitative estimate of drug-likeness (QED) is 0.734. The summed E-state index contributed by atoms with van der Waals surface area (Å²) < 4.78 is 5.11. The van der Waals surface area contributed by atoms with Crippen molar-refractivity contribution in [3.63, 3.8) is 0 Å². The second-order valence-electron chi connectivity index (χ2n) is 5.27. The first kappa shape index (κ1) is 16.0. The van der Waals surface area contributed by atoms with Gasteiger partial charge in [-0.1, -0.05) is 24.6 Å². The van der Waals surface area contributed by atoms with E-state index < -0.39 is 0 Å². The third-order valence-corrected chi connectivity index (χ3v) is 3.49. The standard InChI is InChI=1S/C16H28N2O/c1-5-15(17)12-14-11-13(2)7-8-16(14)18(3)9-6-10-19-4/h7-8,11,15H,5-6,9-10,12,17H2,1-4H3. The van der Waals surface area contributed by atoms with Crippen molar-refractivity contribution in [3.05, 3.63) is 29.3 Å². The van der Waals surface area contributed by atoms with Crippen molar-refractivity contribution in [3.8, 4) is 0 Å². The number of hydrogen-bond donors (Lipinski definition) is 1. The summed E-state index contributed by atoms with van der Waals surface area (Å²) in [5, 5.41) is 0. The highest BCUT2D eigenvalue weighted by Gasteiger charge is 2.10. The van der Waals surface area contributed by atoms with Crippen LogP contribution in [0.1, 0.15) is 30.9 Å². The number of methoxy groups -OCH3 is 1. The molecule has 19 heavy (non-hydrogen) atoms. The van der Waals surface area contributed by atoms with Crippen LogP contribution in [0.4, 0.5) is 5.69 Å². The number of benzene rings is 1. The van der Waals surface area contributed by atoms with E-state index in [-0.39, 0.29) is 6.04 Å². The van der Waals surface area contributed by atoms with E-state index in [1.165, 1.54) is 16.8 Å². The number of anilines is 1. The lowest BCUT2D eigenvalue weighted by molar-refractivity contribution is 0.196. The molecule has 0 aliphatic carbocycles. The smallest absolute Gasteiger partial charge is 0.0479 e. The fourth-order valence-corrected chi connectivity index (χ4v) is 2.24. The van der Waals surface area contributed by atoms with Crippen LogP contribution in [-0.2, 0) is 11.2 Å². The van der Waals surface area contributed by atoms with E-state index in [4.69, 9.17) is 10.5 Å². The van der Waals surface area contributed by atoms with Gasteiger partial charge in [-0.05, 0) is 37.8 Å². The number of hydrogen-bond acceptors (Lipinski definition) is 3. The zero-order chi connectivity index (χ0) is 14.3. The molecule has 1 unspecified atom stereocenters. The minimum Gasteiger partial charge on any atom is -0.385 e. The number of nitrogens with two attached hydrogens (primary N) is 1. The lowest BCUT2D eigenvalue weighted by Crippen LogP contribution is -2.25. The highest BCUT2D eigenvalue weighted by molar-refractivity contribution is 5.54. The van der Waals surface area contributed by atoms with Crippen molar-refractivity contribution in [1.82, 2.24) is 0 Å². The number of nitrogens with zero attached hydrogens (tertiary/aromatic N) is 1. The average molecular weight is 264 g/mol. The van der Waals surface area contributed by atoms with Crippen LogP contribution >= 0.6 is 0 Å². The zero-order valence-electron chi connectivity index (χ0n) is 12.8. The van der Waals surface area contributed by atoms with Crippen molar-refractivity contribution in [2.75, 3.05) is 32.2 Å². The first-order chi connectivity index (χ1) is 9.08. The van der Waals surface area contributed by atoms with Gasteiger partial charge in [-0.15, -0.1) is 0 Å². The maximum absolute atomic E-state index is 6.11. The third-order valence-electron chi connectivity index (χ3n) is 3.49. The van der Waals surface area contributed by atoms with Crippen LogP contribution in [0.15, 0.2) is 18.2 Å². The van der Waals surface area contributed by atoms with Crippen molar-refractivity contribution >= 4 is 5.69 Å². The van der Waals surface area contributed by atoms with Gasteiger partial charge < -0.3 is 15.4 Å². The molecule has 0 aliphatic heterocycles. The van der Waals surface area contributed by atoms with Crippen molar-refractivity contribution < 1.29 is 4.74 Å². The maximum Gasteiger partial charge on any atom is 0.0479 e. The Kier molecular flexibility index (Phi) is 6.89. The molecule has 0 fully saturated rings. The van der Waals surface area contributed by atoms with Gasteiger partial charge in [0.15, 0.2) is 0 Å². The van der Waals surface area contributed by atoms with E-state index in [0.717, 1.165) is 32.4 Å². The number of aryl methyl sites for hydroxylation is 1. The second-order valence-corrected chi connectivity index (χ2v) is 5.27. The Hall–Kier alpha value is -1.06. The zero-order valence-corrected chi connectivity index (χ0v) is 12.8. The van der Waals surface area contributed by atoms with Crippen LogP contribution < -0.4 is 10.6 Å². The normalized spacial score (nSPS) is 12.5. The SMILES string of the molecule is CCC(N)Cc1cc(C)ccc1N(C)CCCOC. The van der Waals surface area contributed by atoms with Crippen molar-refractivity contribution in [2.45, 2.75) is 39.2 Å². The van der Waals surface area contributed by atoms with Crippen LogP contribution in [0.3, 0.4) is 0 Å². The third kappa shape index (κ3) is 5.21. The largest absolute Gasteiger partial charge is 0.385 e. The molecule has 108 valence electrons. The van der Waals surface area contributed by atoms with Crippen molar-refractivity contribution in [2.24, 2.45) is 5.73 Å². The van der Waals surface area contributed by atoms with Crippen LogP contribution in [0.2, 0.25) is 0 Å². The van der Waals surface area contributed by atoms with Gasteiger partial charge in [0, 0.05) is 39.0 Å². The van der Waals surface area contributed by atoms with Crippen LogP contribution in [-0.4, -0.2) is 33.4 Å². The van der Waals surface area contributed by atoms with Crippen LogP contribution in [0.5, 0.6) is 0 Å². The number of rotatable bonds is 8. The Morgan fingerprint density at radius 3 is 2.74 bits per heavy atom. The molecule has 0 saturated heterocycles. The minimum atomic E-state index is 0.243. The van der Waals surface area contributed by atoms with Gasteiger partial charge in [0.05, 0.1) is 0 Å². The van der Waals surface area contributed by atoms with Crippen LogP contribution in [0.25, 0.3) is 0 Å². The van der Waals surface area contributed by atoms with E-state index in [9.17, 15) is 0 Å². The summed E-state index contributed by atoms with van der Waals surface area (Å²) in [5.41, 5.74) is 10.1. The average Bonchev–Trinajstić information content (AvgIpc) is 2.38. The molecule has 0 radical (unpaired) electrons. The fraction of sp³-hybridized carbons (Fsp3) is 0.625. The molecule has 0 heterocycles. The molecule has 1 aromatic rings. The highest BCUT2D eigenvalue weighted by Crippen LogP contribution is 2.23. The predicted molar refractivity (Wildman–Crippen MR) is 82.9 cm³/mol. The summed E-state index contributed by atoms with van der Waals surface area (Å²) in [6.45, 7) is 6.09. The predicted octanol–water partition coefficient (Wildman–Crippen LogP) is 2.75. The molecule has 3 nitrogen and oxygen atoms in total. The Morgan fingerprint density at radius 2 is 2.11 bits per heavy atom. The molecule has 0 bridgehead atoms. The molecule has 0 aliphatic rings. The van der Waals surface area contributed by atoms with Gasteiger partial charge in [0.1, 0.15) is 0 Å². The highest BCUT2D eigenvalue weighted by atomic mass is 16.5. The van der Waals surface area contributed by atoms with E-state index in [1.54, 1.807) is 7.11 Å². The second kappa shape index (κ2) is 8.18. The summed E-state index contributed by atoms with van der Waals surface area (Å²) in [7, 11) is 3.89. The van der Waals surface area contributed by atoms with E-state index in [2.05, 4.69) is 44.0 Å². The Labute approximate surface area is 117 Å². The van der Waals surface area contributed by atoms with Gasteiger partial charge in [0.25, 0.3) is 0 Å². The molecule has 1 aromatic carbocycles. The minimum absolute atomic E-state index is 0.243. The first-order valence-corrected chi connectivity index (χ1v) is 7.13. The molecule has 3 heteroatoms. The summed E-state index contributed by atoms with van der Waals surface area (Å²) in [6.07, 6.45) is 3.00. The maximum atomic E-state index is 6.11. The van der Waals surface area contributed by atoms with Gasteiger partial charge in [0.2, 0.25) is 0 Å². The Morgan fingerprint density at radius 1 is 1.37 bits per heavy atom. The molecular weight excluding hydrogens is 236 g/mol. The van der Waals surface area contributed by atoms with E-state index >= 15 is 0 Å². The topological polar surface area (TPSA) is 38.5 Å². The summed E-state index contributed by atoms with van der Waals surface area (Å²) in [4.78, 5) is 2.30. The molecular formula is C16H28N2O. The van der Waals surface area contributed by atoms with Crippen LogP contribution in [0, 0.1) is 6.92 Å². The summed E-state index contributed by atoms with van der Waals surface area (Å²) in [6, 6.07) is 6.88. The molecule has 0 aromatic heterocycles. The monoisotopic (exact) mass is 264 g/mol. The molecule has 1 atom stereocenters. The van der Waals surface area contributed by atoms with Gasteiger partial charge in [-0.3, -0.25) is 0 Å². The molecule has 0 spiro atoms. The van der Waals surface area contributed by atoms with E-state index in [1.807, 2.05) is 0 Å². The van der Waals surface area contributed by atoms with Gasteiger partial charge in [-0.25, -0.2) is 0 Å². The lowest BCUT2D eigenvalue weighted by atomic mass is 10.00. The first-order valence-electron chi connectivity index (χ1n) is 7.13. The van der Waals surface area contributed by atoms with Crippen molar-refractivity contribution in [1.29, 1.82) is 0 Å². The number of ether oxygens (including phenoxy) is 1.